The molecule has 1 amide bonds. The molecule has 0 bridgehead atoms. The second-order valence-corrected chi connectivity index (χ2v) is 5.81. The molecule has 0 atom stereocenters. The zero-order chi connectivity index (χ0) is 16.1. The highest BCUT2D eigenvalue weighted by Crippen LogP contribution is 2.14. The van der Waals surface area contributed by atoms with Crippen LogP contribution >= 0.6 is 0 Å². The molecule has 1 aliphatic rings. The maximum atomic E-state index is 12.3. The minimum atomic E-state index is 0.0895. The molecule has 0 aliphatic carbocycles. The monoisotopic (exact) mass is 308 g/mol. The number of anilines is 1. The fourth-order valence-electron chi connectivity index (χ4n) is 2.72. The smallest absolute Gasteiger partial charge is 0.246 e. The molecule has 0 radical (unpaired) electrons. The molecule has 1 saturated heterocycles. The molecule has 1 aromatic carbocycles. The summed E-state index contributed by atoms with van der Waals surface area (Å²) < 4.78 is 0. The Kier molecular flexibility index (Phi) is 4.71. The Morgan fingerprint density at radius 3 is 2.30 bits per heavy atom. The van der Waals surface area contributed by atoms with Crippen LogP contribution in [0.5, 0.6) is 0 Å². The van der Waals surface area contributed by atoms with Crippen molar-refractivity contribution in [3.05, 3.63) is 66.0 Å². The number of H-pyrrole nitrogens is 1. The number of hydrogen-bond acceptors (Lipinski definition) is 2. The van der Waals surface area contributed by atoms with Crippen molar-refractivity contribution in [3.8, 4) is 0 Å². The minimum Gasteiger partial charge on any atom is -0.368 e. The number of rotatable bonds is 3. The van der Waals surface area contributed by atoms with Gasteiger partial charge in [0.05, 0.1) is 0 Å². The lowest BCUT2D eigenvalue weighted by molar-refractivity contribution is -0.377. The lowest BCUT2D eigenvalue weighted by Crippen LogP contribution is -2.48. The second-order valence-electron chi connectivity index (χ2n) is 5.81. The molecule has 1 fully saturated rings. The molecule has 3 rings (SSSR count). The molecular weight excluding hydrogens is 286 g/mol. The fraction of sp³-hybridized carbons (Fsp3) is 0.263. The number of carbonyl (C=O) groups excluding carboxylic acids is 1. The Morgan fingerprint density at radius 1 is 1.00 bits per heavy atom. The van der Waals surface area contributed by atoms with Crippen molar-refractivity contribution in [1.29, 1.82) is 0 Å². The van der Waals surface area contributed by atoms with Crippen LogP contribution in [0, 0.1) is 6.92 Å². The summed E-state index contributed by atoms with van der Waals surface area (Å²) in [5, 5.41) is 0. The number of nitrogens with zero attached hydrogens (tertiary/aromatic N) is 2. The van der Waals surface area contributed by atoms with Crippen molar-refractivity contribution in [2.45, 2.75) is 6.92 Å². The molecule has 1 aliphatic heterocycles. The number of hydrogen-bond donors (Lipinski definition) is 0. The number of aromatic amines is 1. The molecule has 118 valence electrons. The SMILES string of the molecule is Cc1ccc(/C=C/C(=O)N2CCN(c3cc[nH+]cc3)CC2)cc1. The molecule has 1 aromatic heterocycles. The van der Waals surface area contributed by atoms with Gasteiger partial charge in [-0.3, -0.25) is 4.79 Å². The van der Waals surface area contributed by atoms with Gasteiger partial charge in [-0.1, -0.05) is 29.8 Å². The Labute approximate surface area is 137 Å². The number of piperazine rings is 1. The first-order chi connectivity index (χ1) is 11.2. The van der Waals surface area contributed by atoms with Crippen LogP contribution in [0.15, 0.2) is 54.9 Å². The molecule has 1 N–H and O–H groups in total. The Morgan fingerprint density at radius 2 is 1.65 bits per heavy atom. The molecule has 2 aromatic rings. The normalized spacial score (nSPS) is 15.2. The summed E-state index contributed by atoms with van der Waals surface area (Å²) in [5.74, 6) is 0.0895. The first-order valence-corrected chi connectivity index (χ1v) is 7.97. The predicted octanol–water partition coefficient (Wildman–Crippen LogP) is 2.17. The number of aromatic nitrogens is 1. The number of aryl methyl sites for hydroxylation is 1. The van der Waals surface area contributed by atoms with Gasteiger partial charge in [0.1, 0.15) is 0 Å². The summed E-state index contributed by atoms with van der Waals surface area (Å²) in [6, 6.07) is 12.3. The van der Waals surface area contributed by atoms with E-state index in [0.29, 0.717) is 0 Å². The third-order valence-electron chi connectivity index (χ3n) is 4.15. The van der Waals surface area contributed by atoms with Crippen LogP contribution in [-0.4, -0.2) is 37.0 Å². The van der Waals surface area contributed by atoms with Crippen molar-refractivity contribution in [3.63, 3.8) is 0 Å². The Hall–Kier alpha value is -2.62. The van der Waals surface area contributed by atoms with Gasteiger partial charge in [-0.2, -0.15) is 0 Å². The van der Waals surface area contributed by atoms with Crippen LogP contribution in [0.25, 0.3) is 6.08 Å². The highest BCUT2D eigenvalue weighted by atomic mass is 16.2. The van der Waals surface area contributed by atoms with Crippen LogP contribution in [0.1, 0.15) is 11.1 Å². The van der Waals surface area contributed by atoms with Crippen molar-refractivity contribution in [1.82, 2.24) is 4.90 Å². The summed E-state index contributed by atoms with van der Waals surface area (Å²) in [7, 11) is 0. The summed E-state index contributed by atoms with van der Waals surface area (Å²) in [4.78, 5) is 19.6. The van der Waals surface area contributed by atoms with Crippen molar-refractivity contribution in [2.75, 3.05) is 31.1 Å². The van der Waals surface area contributed by atoms with Crippen LogP contribution in [-0.2, 0) is 4.79 Å². The summed E-state index contributed by atoms with van der Waals surface area (Å²) in [6.45, 7) is 5.32. The van der Waals surface area contributed by atoms with Crippen LogP contribution in [0.2, 0.25) is 0 Å². The van der Waals surface area contributed by atoms with Crippen molar-refractivity contribution < 1.29 is 9.78 Å². The highest BCUT2D eigenvalue weighted by molar-refractivity contribution is 5.92. The van der Waals surface area contributed by atoms with E-state index in [4.69, 9.17) is 0 Å². The maximum absolute atomic E-state index is 12.3. The Bertz CT molecular complexity index is 672. The topological polar surface area (TPSA) is 37.7 Å². The lowest BCUT2D eigenvalue weighted by atomic mass is 10.1. The molecule has 23 heavy (non-hydrogen) atoms. The number of carbonyl (C=O) groups is 1. The summed E-state index contributed by atoms with van der Waals surface area (Å²) in [5.41, 5.74) is 3.48. The second kappa shape index (κ2) is 7.09. The van der Waals surface area contributed by atoms with Crippen LogP contribution in [0.4, 0.5) is 5.69 Å². The zero-order valence-corrected chi connectivity index (χ0v) is 13.4. The first kappa shape index (κ1) is 15.3. The van der Waals surface area contributed by atoms with E-state index < -0.39 is 0 Å². The van der Waals surface area contributed by atoms with Gasteiger partial charge in [-0.15, -0.1) is 0 Å². The quantitative estimate of drug-likeness (QED) is 0.815. The van der Waals surface area contributed by atoms with E-state index in [0.717, 1.165) is 31.7 Å². The number of pyridine rings is 1. The van der Waals surface area contributed by atoms with Crippen LogP contribution < -0.4 is 9.88 Å². The first-order valence-electron chi connectivity index (χ1n) is 7.97. The van der Waals surface area contributed by atoms with Gasteiger partial charge < -0.3 is 9.80 Å². The van der Waals surface area contributed by atoms with Gasteiger partial charge in [-0.05, 0) is 18.6 Å². The van der Waals surface area contributed by atoms with Gasteiger partial charge in [0, 0.05) is 50.1 Å². The van der Waals surface area contributed by atoms with E-state index in [2.05, 4.69) is 41.1 Å². The summed E-state index contributed by atoms with van der Waals surface area (Å²) >= 11 is 0. The average Bonchev–Trinajstić information content (AvgIpc) is 2.62. The predicted molar refractivity (Wildman–Crippen MR) is 92.0 cm³/mol. The van der Waals surface area contributed by atoms with Crippen molar-refractivity contribution >= 4 is 17.7 Å². The van der Waals surface area contributed by atoms with Gasteiger partial charge in [0.15, 0.2) is 12.4 Å². The summed E-state index contributed by atoms with van der Waals surface area (Å²) in [6.07, 6.45) is 7.42. The highest BCUT2D eigenvalue weighted by Gasteiger charge is 2.19. The fourth-order valence-corrected chi connectivity index (χ4v) is 2.72. The van der Waals surface area contributed by atoms with Crippen LogP contribution in [0.3, 0.4) is 0 Å². The molecule has 4 heteroatoms. The van der Waals surface area contributed by atoms with E-state index in [9.17, 15) is 4.79 Å². The molecule has 0 saturated carbocycles. The lowest BCUT2D eigenvalue weighted by Gasteiger charge is -2.35. The van der Waals surface area contributed by atoms with E-state index in [-0.39, 0.29) is 5.91 Å². The minimum absolute atomic E-state index is 0.0895. The number of nitrogens with one attached hydrogen (secondary N) is 1. The van der Waals surface area contributed by atoms with Gasteiger partial charge in [0.2, 0.25) is 5.91 Å². The Balaban J connectivity index is 1.55. The molecule has 0 unspecified atom stereocenters. The van der Waals surface area contributed by atoms with Gasteiger partial charge >= 0.3 is 0 Å². The molecule has 2 heterocycles. The largest absolute Gasteiger partial charge is 0.368 e. The van der Waals surface area contributed by atoms with Gasteiger partial charge in [-0.25, -0.2) is 4.98 Å². The van der Waals surface area contributed by atoms with E-state index in [1.54, 1.807) is 6.08 Å². The average molecular weight is 308 g/mol. The molecule has 0 spiro atoms. The molecule has 4 nitrogen and oxygen atoms in total. The number of amides is 1. The van der Waals surface area contributed by atoms with E-state index in [1.165, 1.54) is 11.3 Å². The van der Waals surface area contributed by atoms with Gasteiger partial charge in [0.25, 0.3) is 0 Å². The number of benzene rings is 1. The van der Waals surface area contributed by atoms with E-state index in [1.807, 2.05) is 35.5 Å². The van der Waals surface area contributed by atoms with E-state index >= 15 is 0 Å². The molecular formula is C19H22N3O+. The standard InChI is InChI=1S/C19H21N3O/c1-16-2-4-17(5-3-16)6-7-19(23)22-14-12-21(13-15-22)18-8-10-20-11-9-18/h2-11H,12-15H2,1H3/p+1/b7-6+. The zero-order valence-electron chi connectivity index (χ0n) is 13.4. The third kappa shape index (κ3) is 3.97. The van der Waals surface area contributed by atoms with Crippen molar-refractivity contribution in [2.24, 2.45) is 0 Å². The maximum Gasteiger partial charge on any atom is 0.246 e. The third-order valence-corrected chi connectivity index (χ3v) is 4.15.